The number of halogens is 1. The van der Waals surface area contributed by atoms with E-state index in [1.807, 2.05) is 0 Å². The molecule has 1 saturated heterocycles. The summed E-state index contributed by atoms with van der Waals surface area (Å²) in [5.41, 5.74) is 0.464. The third-order valence-electron chi connectivity index (χ3n) is 6.42. The molecule has 24 heavy (non-hydrogen) atoms. The van der Waals surface area contributed by atoms with E-state index >= 15 is 0 Å². The molecule has 0 spiro atoms. The van der Waals surface area contributed by atoms with E-state index in [1.165, 1.54) is 38.8 Å². The molecular weight excluding hydrogens is 318 g/mol. The zero-order valence-corrected chi connectivity index (χ0v) is 15.2. The van der Waals surface area contributed by atoms with Crippen molar-refractivity contribution in [3.63, 3.8) is 0 Å². The van der Waals surface area contributed by atoms with Crippen LogP contribution in [0.25, 0.3) is 0 Å². The highest BCUT2D eigenvalue weighted by atomic mass is 35.5. The van der Waals surface area contributed by atoms with Gasteiger partial charge in [-0.05, 0) is 68.5 Å². The predicted octanol–water partition coefficient (Wildman–Crippen LogP) is 0.966. The summed E-state index contributed by atoms with van der Waals surface area (Å²) in [5.74, 6) is 1.67. The van der Waals surface area contributed by atoms with Crippen LogP contribution in [0.4, 0.5) is 0 Å². The van der Waals surface area contributed by atoms with Crippen molar-refractivity contribution < 1.29 is 17.5 Å². The Morgan fingerprint density at radius 3 is 2.38 bits per heavy atom. The first-order valence-electron chi connectivity index (χ1n) is 9.44. The van der Waals surface area contributed by atoms with Gasteiger partial charge in [-0.25, -0.2) is 0 Å². The van der Waals surface area contributed by atoms with Crippen LogP contribution in [-0.2, 0) is 5.60 Å². The number of allylic oxidation sites excluding steroid dienone is 2. The summed E-state index contributed by atoms with van der Waals surface area (Å²) in [6.45, 7) is 3.45. The highest BCUT2D eigenvalue weighted by molar-refractivity contribution is 5.27. The monoisotopic (exact) mass is 346 g/mol. The molecule has 3 heteroatoms. The fraction of sp³-hybridized carbons (Fsp3) is 0.619. The molecule has 1 saturated carbocycles. The van der Waals surface area contributed by atoms with Crippen molar-refractivity contribution in [2.45, 2.75) is 44.1 Å². The van der Waals surface area contributed by atoms with E-state index in [4.69, 9.17) is 0 Å². The largest absolute Gasteiger partial charge is 1.00 e. The van der Waals surface area contributed by atoms with Gasteiger partial charge in [0.2, 0.25) is 0 Å². The van der Waals surface area contributed by atoms with Crippen LogP contribution in [0.5, 0.6) is 0 Å². The number of hydrogen-bond acceptors (Lipinski definition) is 2. The Morgan fingerprint density at radius 2 is 1.75 bits per heavy atom. The molecule has 4 atom stereocenters. The van der Waals surface area contributed by atoms with Crippen LogP contribution in [0.15, 0.2) is 42.5 Å². The summed E-state index contributed by atoms with van der Waals surface area (Å²) in [6, 6.07) is 10.5. The van der Waals surface area contributed by atoms with Crippen molar-refractivity contribution >= 4 is 0 Å². The van der Waals surface area contributed by atoms with Gasteiger partial charge in [-0.2, -0.15) is 0 Å². The van der Waals surface area contributed by atoms with E-state index in [0.29, 0.717) is 17.8 Å². The van der Waals surface area contributed by atoms with Crippen molar-refractivity contribution in [1.82, 2.24) is 4.90 Å². The number of hydrogen-bond donors (Lipinski definition) is 1. The molecule has 132 valence electrons. The van der Waals surface area contributed by atoms with Crippen LogP contribution in [0.3, 0.4) is 0 Å². The average Bonchev–Trinajstić information content (AvgIpc) is 3.25. The number of rotatable bonds is 5. The van der Waals surface area contributed by atoms with Crippen LogP contribution < -0.4 is 12.4 Å². The summed E-state index contributed by atoms with van der Waals surface area (Å²) in [7, 11) is 0. The molecule has 2 bridgehead atoms. The molecule has 0 radical (unpaired) electrons. The first kappa shape index (κ1) is 18.0. The molecule has 1 heterocycles. The Morgan fingerprint density at radius 1 is 1.00 bits per heavy atom. The molecule has 4 rings (SSSR count). The molecule has 2 fully saturated rings. The topological polar surface area (TPSA) is 23.5 Å². The number of nitrogens with zero attached hydrogens (tertiary/aromatic N) is 1. The Hall–Kier alpha value is -0.830. The van der Waals surface area contributed by atoms with E-state index in [2.05, 4.69) is 47.4 Å². The maximum absolute atomic E-state index is 11.8. The third kappa shape index (κ3) is 3.42. The van der Waals surface area contributed by atoms with Gasteiger partial charge in [-0.3, -0.25) is 0 Å². The van der Waals surface area contributed by atoms with Crippen molar-refractivity contribution in [2.75, 3.05) is 19.6 Å². The lowest BCUT2D eigenvalue weighted by molar-refractivity contribution is -0.0495. The summed E-state index contributed by atoms with van der Waals surface area (Å²) in [6.07, 6.45) is 12.0. The first-order chi connectivity index (χ1) is 11.3. The van der Waals surface area contributed by atoms with Gasteiger partial charge in [0.05, 0.1) is 5.60 Å². The fourth-order valence-corrected chi connectivity index (χ4v) is 5.11. The Balaban J connectivity index is 0.00000169. The number of piperidine rings is 1. The highest BCUT2D eigenvalue weighted by Crippen LogP contribution is 2.52. The predicted molar refractivity (Wildman–Crippen MR) is 94.1 cm³/mol. The van der Waals surface area contributed by atoms with Crippen LogP contribution in [-0.4, -0.2) is 29.6 Å². The van der Waals surface area contributed by atoms with Crippen molar-refractivity contribution in [2.24, 2.45) is 17.8 Å². The maximum Gasteiger partial charge on any atom is 0.0942 e. The Labute approximate surface area is 152 Å². The van der Waals surface area contributed by atoms with Crippen LogP contribution in [0, 0.1) is 17.8 Å². The van der Waals surface area contributed by atoms with Crippen LogP contribution in [0.2, 0.25) is 0 Å². The average molecular weight is 347 g/mol. The summed E-state index contributed by atoms with van der Waals surface area (Å²) >= 11 is 0. The number of benzene rings is 1. The molecule has 2 nitrogen and oxygen atoms in total. The lowest BCUT2D eigenvalue weighted by Crippen LogP contribution is -3.00. The Bertz CT molecular complexity index is 554. The number of fused-ring (bicyclic) bond motifs is 2. The van der Waals surface area contributed by atoms with Crippen LogP contribution >= 0.6 is 0 Å². The van der Waals surface area contributed by atoms with Gasteiger partial charge in [0.25, 0.3) is 0 Å². The smallest absolute Gasteiger partial charge is 0.0942 e. The highest BCUT2D eigenvalue weighted by Gasteiger charge is 2.48. The molecule has 0 aromatic heterocycles. The summed E-state index contributed by atoms with van der Waals surface area (Å²) < 4.78 is 0. The molecule has 1 N–H and O–H groups in total. The van der Waals surface area contributed by atoms with E-state index in [-0.39, 0.29) is 12.4 Å². The minimum Gasteiger partial charge on any atom is -1.00 e. The van der Waals surface area contributed by atoms with E-state index < -0.39 is 5.60 Å². The minimum atomic E-state index is -0.664. The molecule has 0 amide bonds. The maximum atomic E-state index is 11.8. The SMILES string of the molecule is OC(CCN1CCCCC1)(c1ccccc1)C1CC2C=CC1C2.[Cl-]. The second-order valence-corrected chi connectivity index (χ2v) is 7.83. The van der Waals surface area contributed by atoms with Gasteiger partial charge in [-0.1, -0.05) is 48.9 Å². The second kappa shape index (κ2) is 7.59. The van der Waals surface area contributed by atoms with Gasteiger partial charge in [-0.15, -0.1) is 0 Å². The van der Waals surface area contributed by atoms with Gasteiger partial charge in [0.1, 0.15) is 0 Å². The number of aliphatic hydroxyl groups is 1. The van der Waals surface area contributed by atoms with Crippen molar-refractivity contribution in [1.29, 1.82) is 0 Å². The van der Waals surface area contributed by atoms with Crippen molar-refractivity contribution in [3.8, 4) is 0 Å². The summed E-state index contributed by atoms with van der Waals surface area (Å²) in [4.78, 5) is 2.56. The molecule has 4 unspecified atom stereocenters. The molecule has 2 aliphatic carbocycles. The second-order valence-electron chi connectivity index (χ2n) is 7.83. The zero-order chi connectivity index (χ0) is 15.7. The lowest BCUT2D eigenvalue weighted by atomic mass is 9.72. The van der Waals surface area contributed by atoms with Gasteiger partial charge < -0.3 is 22.4 Å². The lowest BCUT2D eigenvalue weighted by Gasteiger charge is -2.40. The van der Waals surface area contributed by atoms with Gasteiger partial charge in [0.15, 0.2) is 0 Å². The zero-order valence-electron chi connectivity index (χ0n) is 14.4. The van der Waals surface area contributed by atoms with E-state index in [9.17, 15) is 5.11 Å². The van der Waals surface area contributed by atoms with Gasteiger partial charge in [0, 0.05) is 6.54 Å². The molecular formula is C21H29ClNO-. The van der Waals surface area contributed by atoms with Crippen molar-refractivity contribution in [3.05, 3.63) is 48.0 Å². The molecule has 1 aromatic carbocycles. The fourth-order valence-electron chi connectivity index (χ4n) is 5.11. The minimum absolute atomic E-state index is 0. The standard InChI is InChI=1S/C21H29NO.ClH/c23-21(19-7-3-1-4-8-19,11-14-22-12-5-2-6-13-22)20-16-17-9-10-18(20)15-17;/h1,3-4,7-10,17-18,20,23H,2,5-6,11-16H2;1H/p-1. The molecule has 1 aromatic rings. The van der Waals surface area contributed by atoms with Gasteiger partial charge >= 0.3 is 0 Å². The molecule has 3 aliphatic rings. The number of likely N-dealkylation sites (tertiary alicyclic amines) is 1. The third-order valence-corrected chi connectivity index (χ3v) is 6.42. The quantitative estimate of drug-likeness (QED) is 0.803. The van der Waals surface area contributed by atoms with E-state index in [1.54, 1.807) is 0 Å². The Kier molecular flexibility index (Phi) is 5.69. The van der Waals surface area contributed by atoms with E-state index in [0.717, 1.165) is 24.9 Å². The summed E-state index contributed by atoms with van der Waals surface area (Å²) in [5, 5.41) is 11.8. The van der Waals surface area contributed by atoms with Crippen LogP contribution in [0.1, 0.15) is 44.1 Å². The normalized spacial score (nSPS) is 31.6. The molecule has 1 aliphatic heterocycles. The first-order valence-corrected chi connectivity index (χ1v) is 9.44.